The SMILES string of the molecule is COCC(C)(OC)c1cnc(OC)c2cnc(Cl)cc12. The molecule has 0 aliphatic carbocycles. The second-order valence-electron chi connectivity index (χ2n) is 4.60. The molecule has 0 fully saturated rings. The molecule has 0 bridgehead atoms. The molecule has 0 aliphatic rings. The van der Waals surface area contributed by atoms with Gasteiger partial charge in [-0.15, -0.1) is 0 Å². The van der Waals surface area contributed by atoms with Gasteiger partial charge in [-0.1, -0.05) is 11.6 Å². The highest BCUT2D eigenvalue weighted by atomic mass is 35.5. The molecular weight excluding hydrogens is 280 g/mol. The summed E-state index contributed by atoms with van der Waals surface area (Å²) in [5, 5.41) is 2.08. The van der Waals surface area contributed by atoms with E-state index < -0.39 is 5.60 Å². The van der Waals surface area contributed by atoms with Gasteiger partial charge in [0.25, 0.3) is 0 Å². The molecule has 0 amide bonds. The van der Waals surface area contributed by atoms with Crippen LogP contribution in [0.25, 0.3) is 10.8 Å². The number of rotatable bonds is 5. The molecule has 6 heteroatoms. The second kappa shape index (κ2) is 5.91. The highest BCUT2D eigenvalue weighted by Gasteiger charge is 2.29. The Kier molecular flexibility index (Phi) is 4.42. The van der Waals surface area contributed by atoms with Crippen molar-refractivity contribution < 1.29 is 14.2 Å². The molecule has 2 heterocycles. The lowest BCUT2D eigenvalue weighted by Crippen LogP contribution is -2.30. The Labute approximate surface area is 122 Å². The molecule has 20 heavy (non-hydrogen) atoms. The Morgan fingerprint density at radius 2 is 1.90 bits per heavy atom. The van der Waals surface area contributed by atoms with Gasteiger partial charge >= 0.3 is 0 Å². The van der Waals surface area contributed by atoms with Crippen LogP contribution in [0.15, 0.2) is 18.5 Å². The van der Waals surface area contributed by atoms with Crippen molar-refractivity contribution in [1.29, 1.82) is 0 Å². The average Bonchev–Trinajstić information content (AvgIpc) is 2.45. The van der Waals surface area contributed by atoms with Crippen molar-refractivity contribution in [3.05, 3.63) is 29.2 Å². The highest BCUT2D eigenvalue weighted by Crippen LogP contribution is 2.35. The molecule has 0 radical (unpaired) electrons. The van der Waals surface area contributed by atoms with Crippen LogP contribution in [-0.4, -0.2) is 37.9 Å². The number of methoxy groups -OCH3 is 3. The van der Waals surface area contributed by atoms with Gasteiger partial charge in [0.05, 0.1) is 19.1 Å². The van der Waals surface area contributed by atoms with Gasteiger partial charge in [0.15, 0.2) is 0 Å². The van der Waals surface area contributed by atoms with Crippen LogP contribution in [0, 0.1) is 0 Å². The van der Waals surface area contributed by atoms with Crippen molar-refractivity contribution in [2.24, 2.45) is 0 Å². The van der Waals surface area contributed by atoms with E-state index in [1.54, 1.807) is 39.8 Å². The van der Waals surface area contributed by atoms with E-state index in [9.17, 15) is 0 Å². The third-order valence-electron chi connectivity index (χ3n) is 3.34. The summed E-state index contributed by atoms with van der Waals surface area (Å²) in [7, 11) is 4.84. The largest absolute Gasteiger partial charge is 0.481 e. The minimum atomic E-state index is -0.628. The molecule has 0 aromatic carbocycles. The lowest BCUT2D eigenvalue weighted by Gasteiger charge is -2.29. The van der Waals surface area contributed by atoms with Crippen molar-refractivity contribution in [3.8, 4) is 5.88 Å². The Balaban J connectivity index is 2.73. The molecule has 1 atom stereocenters. The van der Waals surface area contributed by atoms with Crippen molar-refractivity contribution in [2.45, 2.75) is 12.5 Å². The smallest absolute Gasteiger partial charge is 0.222 e. The fourth-order valence-corrected chi connectivity index (χ4v) is 2.35. The summed E-state index contributed by atoms with van der Waals surface area (Å²) >= 11 is 6.01. The Bertz CT molecular complexity index is 621. The molecule has 0 aliphatic heterocycles. The zero-order chi connectivity index (χ0) is 14.8. The Morgan fingerprint density at radius 3 is 2.50 bits per heavy atom. The summed E-state index contributed by atoms with van der Waals surface area (Å²) in [6.45, 7) is 2.33. The number of halogens is 1. The topological polar surface area (TPSA) is 53.5 Å². The number of nitrogens with zero attached hydrogens (tertiary/aromatic N) is 2. The van der Waals surface area contributed by atoms with E-state index in [2.05, 4.69) is 9.97 Å². The first-order chi connectivity index (χ1) is 9.55. The van der Waals surface area contributed by atoms with E-state index >= 15 is 0 Å². The number of ether oxygens (including phenoxy) is 3. The van der Waals surface area contributed by atoms with Crippen molar-refractivity contribution in [1.82, 2.24) is 9.97 Å². The predicted octanol–water partition coefficient (Wildman–Crippen LogP) is 2.80. The number of pyridine rings is 2. The van der Waals surface area contributed by atoms with Crippen LogP contribution in [0.4, 0.5) is 0 Å². The molecule has 2 rings (SSSR count). The molecule has 0 saturated heterocycles. The summed E-state index contributed by atoms with van der Waals surface area (Å²) in [4.78, 5) is 8.39. The summed E-state index contributed by atoms with van der Waals surface area (Å²) in [5.74, 6) is 0.504. The van der Waals surface area contributed by atoms with Crippen LogP contribution in [0.2, 0.25) is 5.15 Å². The molecule has 2 aromatic rings. The minimum absolute atomic E-state index is 0.395. The zero-order valence-electron chi connectivity index (χ0n) is 11.9. The molecule has 0 spiro atoms. The maximum atomic E-state index is 6.01. The Morgan fingerprint density at radius 1 is 1.15 bits per heavy atom. The van der Waals surface area contributed by atoms with Gasteiger partial charge in [0.1, 0.15) is 10.8 Å². The van der Waals surface area contributed by atoms with Gasteiger partial charge < -0.3 is 14.2 Å². The van der Waals surface area contributed by atoms with Crippen LogP contribution in [0.1, 0.15) is 12.5 Å². The van der Waals surface area contributed by atoms with E-state index in [0.717, 1.165) is 16.3 Å². The maximum Gasteiger partial charge on any atom is 0.222 e. The van der Waals surface area contributed by atoms with Crippen molar-refractivity contribution >= 4 is 22.4 Å². The minimum Gasteiger partial charge on any atom is -0.481 e. The van der Waals surface area contributed by atoms with E-state index in [1.165, 1.54) is 0 Å². The molecule has 1 unspecified atom stereocenters. The number of aromatic nitrogens is 2. The van der Waals surface area contributed by atoms with Gasteiger partial charge in [0.2, 0.25) is 5.88 Å². The predicted molar refractivity (Wildman–Crippen MR) is 77.3 cm³/mol. The summed E-state index contributed by atoms with van der Waals surface area (Å²) in [6, 6.07) is 1.78. The molecular formula is C14H17ClN2O3. The van der Waals surface area contributed by atoms with Gasteiger partial charge in [-0.25, -0.2) is 9.97 Å². The quantitative estimate of drug-likeness (QED) is 0.794. The lowest BCUT2D eigenvalue weighted by atomic mass is 9.94. The monoisotopic (exact) mass is 296 g/mol. The fourth-order valence-electron chi connectivity index (χ4n) is 2.19. The highest BCUT2D eigenvalue weighted by molar-refractivity contribution is 6.30. The summed E-state index contributed by atoms with van der Waals surface area (Å²) < 4.78 is 16.1. The van der Waals surface area contributed by atoms with E-state index in [4.69, 9.17) is 25.8 Å². The van der Waals surface area contributed by atoms with Crippen LogP contribution in [-0.2, 0) is 15.1 Å². The van der Waals surface area contributed by atoms with Gasteiger partial charge in [-0.05, 0) is 18.4 Å². The first kappa shape index (κ1) is 15.0. The molecule has 5 nitrogen and oxygen atoms in total. The summed E-state index contributed by atoms with van der Waals surface area (Å²) in [6.07, 6.45) is 3.37. The molecule has 0 saturated carbocycles. The molecule has 2 aromatic heterocycles. The first-order valence-electron chi connectivity index (χ1n) is 6.08. The summed E-state index contributed by atoms with van der Waals surface area (Å²) in [5.41, 5.74) is 0.249. The number of hydrogen-bond donors (Lipinski definition) is 0. The molecule has 108 valence electrons. The second-order valence-corrected chi connectivity index (χ2v) is 4.99. The number of hydrogen-bond acceptors (Lipinski definition) is 5. The lowest BCUT2D eigenvalue weighted by molar-refractivity contribution is -0.0547. The Hall–Kier alpha value is -1.43. The van der Waals surface area contributed by atoms with Crippen molar-refractivity contribution in [2.75, 3.05) is 27.9 Å². The zero-order valence-corrected chi connectivity index (χ0v) is 12.7. The van der Waals surface area contributed by atoms with Crippen LogP contribution >= 0.6 is 11.6 Å². The maximum absolute atomic E-state index is 6.01. The average molecular weight is 297 g/mol. The van der Waals surface area contributed by atoms with Gasteiger partial charge in [-0.2, -0.15) is 0 Å². The number of fused-ring (bicyclic) bond motifs is 1. The van der Waals surface area contributed by atoms with E-state index in [0.29, 0.717) is 17.6 Å². The van der Waals surface area contributed by atoms with Gasteiger partial charge in [-0.3, -0.25) is 0 Å². The van der Waals surface area contributed by atoms with Crippen LogP contribution in [0.3, 0.4) is 0 Å². The van der Waals surface area contributed by atoms with E-state index in [1.807, 2.05) is 6.92 Å². The van der Waals surface area contributed by atoms with Crippen molar-refractivity contribution in [3.63, 3.8) is 0 Å². The third-order valence-corrected chi connectivity index (χ3v) is 3.54. The van der Waals surface area contributed by atoms with Crippen LogP contribution < -0.4 is 4.74 Å². The third kappa shape index (κ3) is 2.57. The van der Waals surface area contributed by atoms with Gasteiger partial charge in [0, 0.05) is 32.2 Å². The van der Waals surface area contributed by atoms with Crippen LogP contribution in [0.5, 0.6) is 5.88 Å². The van der Waals surface area contributed by atoms with E-state index in [-0.39, 0.29) is 0 Å². The fraction of sp³-hybridized carbons (Fsp3) is 0.429. The normalized spacial score (nSPS) is 14.2. The standard InChI is InChI=1S/C14H17ClN2O3/c1-14(20-4,8-18-2)11-7-17-13(19-3)10-6-16-12(15)5-9(10)11/h5-7H,8H2,1-4H3. The molecule has 0 N–H and O–H groups in total. The first-order valence-corrected chi connectivity index (χ1v) is 6.46.